The Morgan fingerprint density at radius 1 is 1.27 bits per heavy atom. The van der Waals surface area contributed by atoms with Crippen molar-refractivity contribution in [1.29, 1.82) is 0 Å². The van der Waals surface area contributed by atoms with E-state index in [-0.39, 0.29) is 11.8 Å². The highest BCUT2D eigenvalue weighted by molar-refractivity contribution is 5.95. The van der Waals surface area contributed by atoms with Crippen molar-refractivity contribution >= 4 is 23.2 Å². The number of fused-ring (bicyclic) bond motifs is 1. The Morgan fingerprint density at radius 3 is 2.95 bits per heavy atom. The lowest BCUT2D eigenvalue weighted by Gasteiger charge is -2.17. The van der Waals surface area contributed by atoms with Crippen LogP contribution in [0.2, 0.25) is 0 Å². The van der Waals surface area contributed by atoms with E-state index in [1.165, 1.54) is 0 Å². The van der Waals surface area contributed by atoms with Gasteiger partial charge in [-0.25, -0.2) is 0 Å². The van der Waals surface area contributed by atoms with Gasteiger partial charge in [0.15, 0.2) is 0 Å². The lowest BCUT2D eigenvalue weighted by Crippen LogP contribution is -2.19. The lowest BCUT2D eigenvalue weighted by molar-refractivity contribution is -0.117. The van der Waals surface area contributed by atoms with Gasteiger partial charge in [-0.3, -0.25) is 14.6 Å². The summed E-state index contributed by atoms with van der Waals surface area (Å²) < 4.78 is 0. The summed E-state index contributed by atoms with van der Waals surface area (Å²) in [6, 6.07) is 9.34. The molecule has 1 aliphatic heterocycles. The Labute approximate surface area is 128 Å². The summed E-state index contributed by atoms with van der Waals surface area (Å²) in [6.45, 7) is 1.88. The van der Waals surface area contributed by atoms with E-state index in [2.05, 4.69) is 15.6 Å². The topological polar surface area (TPSA) is 71.1 Å². The first-order chi connectivity index (χ1) is 10.6. The van der Waals surface area contributed by atoms with Crippen LogP contribution in [-0.4, -0.2) is 16.8 Å². The number of rotatable bonds is 3. The number of hydrogen-bond acceptors (Lipinski definition) is 3. The van der Waals surface area contributed by atoms with Gasteiger partial charge in [-0.05, 0) is 42.7 Å². The molecular weight excluding hydrogens is 278 g/mol. The molecule has 22 heavy (non-hydrogen) atoms. The predicted molar refractivity (Wildman–Crippen MR) is 84.7 cm³/mol. The molecule has 2 heterocycles. The second-order valence-electron chi connectivity index (χ2n) is 5.45. The third kappa shape index (κ3) is 3.31. The number of hydrogen-bond donors (Lipinski definition) is 2. The molecule has 2 amide bonds. The van der Waals surface area contributed by atoms with Crippen LogP contribution in [0, 0.1) is 6.92 Å². The summed E-state index contributed by atoms with van der Waals surface area (Å²) in [7, 11) is 0. The molecule has 0 saturated carbocycles. The van der Waals surface area contributed by atoms with E-state index in [0.29, 0.717) is 12.8 Å². The van der Waals surface area contributed by atoms with Crippen LogP contribution in [0.4, 0.5) is 11.4 Å². The number of pyridine rings is 1. The van der Waals surface area contributed by atoms with Crippen LogP contribution in [0.15, 0.2) is 36.5 Å². The molecule has 5 nitrogen and oxygen atoms in total. The van der Waals surface area contributed by atoms with Crippen molar-refractivity contribution in [1.82, 2.24) is 4.98 Å². The standard InChI is InChI=1S/C17H17N3O2/c1-11-8-14(6-7-18-11)19-17(22)10-12-2-4-15-13(9-12)3-5-16(21)20-15/h2,4,6-9H,3,5,10H2,1H3,(H,20,21)(H,18,19,22). The molecule has 0 bridgehead atoms. The van der Waals surface area contributed by atoms with Crippen molar-refractivity contribution < 1.29 is 9.59 Å². The molecule has 3 rings (SSSR count). The van der Waals surface area contributed by atoms with Gasteiger partial charge in [0, 0.05) is 29.7 Å². The largest absolute Gasteiger partial charge is 0.326 e. The third-order valence-corrected chi connectivity index (χ3v) is 3.61. The first-order valence-electron chi connectivity index (χ1n) is 7.24. The maximum atomic E-state index is 12.1. The molecule has 0 atom stereocenters. The molecule has 112 valence electrons. The van der Waals surface area contributed by atoms with Crippen molar-refractivity contribution in [2.45, 2.75) is 26.2 Å². The molecule has 0 unspecified atom stereocenters. The first-order valence-corrected chi connectivity index (χ1v) is 7.24. The fourth-order valence-corrected chi connectivity index (χ4v) is 2.56. The predicted octanol–water partition coefficient (Wildman–Crippen LogP) is 2.46. The Balaban J connectivity index is 1.68. The molecule has 0 fully saturated rings. The molecule has 2 N–H and O–H groups in total. The van der Waals surface area contributed by atoms with Crippen molar-refractivity contribution in [2.75, 3.05) is 10.6 Å². The van der Waals surface area contributed by atoms with E-state index >= 15 is 0 Å². The van der Waals surface area contributed by atoms with Gasteiger partial charge >= 0.3 is 0 Å². The van der Waals surface area contributed by atoms with Crippen molar-refractivity contribution in [3.05, 3.63) is 53.3 Å². The Bertz CT molecular complexity index is 740. The maximum absolute atomic E-state index is 12.1. The Hall–Kier alpha value is -2.69. The van der Waals surface area contributed by atoms with Gasteiger partial charge in [0.05, 0.1) is 6.42 Å². The molecule has 5 heteroatoms. The van der Waals surface area contributed by atoms with E-state index in [1.807, 2.05) is 31.2 Å². The van der Waals surface area contributed by atoms with Gasteiger partial charge in [-0.1, -0.05) is 12.1 Å². The summed E-state index contributed by atoms with van der Waals surface area (Å²) in [5.41, 5.74) is 4.50. The molecule has 0 saturated heterocycles. The molecule has 0 spiro atoms. The summed E-state index contributed by atoms with van der Waals surface area (Å²) in [4.78, 5) is 27.6. The highest BCUT2D eigenvalue weighted by atomic mass is 16.2. The summed E-state index contributed by atoms with van der Waals surface area (Å²) in [6.07, 6.45) is 3.20. The van der Waals surface area contributed by atoms with Crippen molar-refractivity contribution in [2.24, 2.45) is 0 Å². The zero-order valence-corrected chi connectivity index (χ0v) is 12.3. The lowest BCUT2D eigenvalue weighted by atomic mass is 9.99. The van der Waals surface area contributed by atoms with Gasteiger partial charge in [0.2, 0.25) is 11.8 Å². The number of carbonyl (C=O) groups is 2. The molecule has 0 aliphatic carbocycles. The quantitative estimate of drug-likeness (QED) is 0.913. The SMILES string of the molecule is Cc1cc(NC(=O)Cc2ccc3c(c2)CCC(=O)N3)ccn1. The number of anilines is 2. The van der Waals surface area contributed by atoms with E-state index < -0.39 is 0 Å². The maximum Gasteiger partial charge on any atom is 0.228 e. The number of aryl methyl sites for hydroxylation is 2. The van der Waals surface area contributed by atoms with Crippen molar-refractivity contribution in [3.63, 3.8) is 0 Å². The monoisotopic (exact) mass is 295 g/mol. The number of nitrogens with zero attached hydrogens (tertiary/aromatic N) is 1. The molecule has 1 aromatic carbocycles. The molecule has 2 aromatic rings. The van der Waals surface area contributed by atoms with E-state index in [0.717, 1.165) is 34.6 Å². The van der Waals surface area contributed by atoms with Crippen LogP contribution >= 0.6 is 0 Å². The smallest absolute Gasteiger partial charge is 0.228 e. The van der Waals surface area contributed by atoms with Crippen LogP contribution in [0.3, 0.4) is 0 Å². The minimum absolute atomic E-state index is 0.0473. The number of amides is 2. The second kappa shape index (κ2) is 5.97. The highest BCUT2D eigenvalue weighted by Gasteiger charge is 2.15. The van der Waals surface area contributed by atoms with Gasteiger partial charge in [-0.15, -0.1) is 0 Å². The zero-order valence-electron chi connectivity index (χ0n) is 12.3. The van der Waals surface area contributed by atoms with Crippen molar-refractivity contribution in [3.8, 4) is 0 Å². The van der Waals surface area contributed by atoms with Gasteiger partial charge in [0.1, 0.15) is 0 Å². The molecular formula is C17H17N3O2. The zero-order chi connectivity index (χ0) is 15.5. The van der Waals surface area contributed by atoms with E-state index in [9.17, 15) is 9.59 Å². The number of benzene rings is 1. The Kier molecular flexibility index (Phi) is 3.87. The minimum atomic E-state index is -0.0644. The minimum Gasteiger partial charge on any atom is -0.326 e. The third-order valence-electron chi connectivity index (χ3n) is 3.61. The van der Waals surface area contributed by atoms with Crippen LogP contribution in [0.1, 0.15) is 23.2 Å². The average molecular weight is 295 g/mol. The van der Waals surface area contributed by atoms with Crippen LogP contribution < -0.4 is 10.6 Å². The average Bonchev–Trinajstić information content (AvgIpc) is 2.47. The Morgan fingerprint density at radius 2 is 2.14 bits per heavy atom. The van der Waals surface area contributed by atoms with E-state index in [1.54, 1.807) is 12.3 Å². The number of aromatic nitrogens is 1. The van der Waals surface area contributed by atoms with Gasteiger partial charge in [-0.2, -0.15) is 0 Å². The number of carbonyl (C=O) groups excluding carboxylic acids is 2. The summed E-state index contributed by atoms with van der Waals surface area (Å²) in [5.74, 6) is -0.0172. The normalized spacial score (nSPS) is 13.2. The summed E-state index contributed by atoms with van der Waals surface area (Å²) >= 11 is 0. The number of nitrogens with one attached hydrogen (secondary N) is 2. The second-order valence-corrected chi connectivity index (χ2v) is 5.45. The molecule has 0 radical (unpaired) electrons. The highest BCUT2D eigenvalue weighted by Crippen LogP contribution is 2.23. The van der Waals surface area contributed by atoms with Crippen LogP contribution in [-0.2, 0) is 22.4 Å². The molecule has 1 aliphatic rings. The van der Waals surface area contributed by atoms with Crippen LogP contribution in [0.5, 0.6) is 0 Å². The first kappa shape index (κ1) is 14.3. The van der Waals surface area contributed by atoms with Crippen LogP contribution in [0.25, 0.3) is 0 Å². The van der Waals surface area contributed by atoms with E-state index in [4.69, 9.17) is 0 Å². The molecule has 1 aromatic heterocycles. The van der Waals surface area contributed by atoms with Gasteiger partial charge in [0.25, 0.3) is 0 Å². The fourth-order valence-electron chi connectivity index (χ4n) is 2.56. The fraction of sp³-hybridized carbons (Fsp3) is 0.235. The van der Waals surface area contributed by atoms with Gasteiger partial charge < -0.3 is 10.6 Å². The summed E-state index contributed by atoms with van der Waals surface area (Å²) in [5, 5.41) is 5.71.